The fourth-order valence-corrected chi connectivity index (χ4v) is 2.95. The number of nitrogens with zero attached hydrogens (tertiary/aromatic N) is 1. The molecule has 0 bridgehead atoms. The van der Waals surface area contributed by atoms with Gasteiger partial charge in [-0.05, 0) is 42.9 Å². The highest BCUT2D eigenvalue weighted by Gasteiger charge is 2.24. The Kier molecular flexibility index (Phi) is 4.10. The Hall–Kier alpha value is -0.830. The summed E-state index contributed by atoms with van der Waals surface area (Å²) in [4.78, 5) is 13.5. The third-order valence-electron chi connectivity index (χ3n) is 3.80. The topological polar surface area (TPSA) is 20.3 Å². The van der Waals surface area contributed by atoms with E-state index in [-0.39, 0.29) is 0 Å². The lowest BCUT2D eigenvalue weighted by Crippen LogP contribution is -2.26. The average Bonchev–Trinajstić information content (AvgIpc) is 2.50. The molecular weight excluding hydrogens is 290 g/mol. The second kappa shape index (κ2) is 5.43. The van der Waals surface area contributed by atoms with Crippen LogP contribution in [0.4, 0.5) is 5.69 Å². The second-order valence-electron chi connectivity index (χ2n) is 5.83. The van der Waals surface area contributed by atoms with Gasteiger partial charge in [-0.15, -0.1) is 0 Å². The number of carbonyl (C=O) groups excluding carboxylic acids is 1. The van der Waals surface area contributed by atoms with Gasteiger partial charge in [0.05, 0.1) is 0 Å². The summed E-state index contributed by atoms with van der Waals surface area (Å²) in [5.41, 5.74) is 2.28. The third-order valence-corrected chi connectivity index (χ3v) is 4.29. The number of hydrogen-bond donors (Lipinski definition) is 0. The van der Waals surface area contributed by atoms with Crippen molar-refractivity contribution in [3.05, 3.63) is 28.2 Å². The first-order chi connectivity index (χ1) is 8.52. The molecule has 0 aromatic heterocycles. The Balaban J connectivity index is 2.23. The maximum absolute atomic E-state index is 11.2. The summed E-state index contributed by atoms with van der Waals surface area (Å²) in [5.74, 6) is 0. The van der Waals surface area contributed by atoms with Crippen molar-refractivity contribution in [3.8, 4) is 0 Å². The normalized spacial score (nSPS) is 19.4. The van der Waals surface area contributed by atoms with Gasteiger partial charge in [0.1, 0.15) is 0 Å². The first-order valence-electron chi connectivity index (χ1n) is 6.51. The highest BCUT2D eigenvalue weighted by atomic mass is 79.9. The standard InChI is InChI=1S/C15H20BrNO/c1-15(2)6-3-8-17(9-7-15)14-5-4-13(16)10-12(14)11-18/h4-5,10-11H,3,6-9H2,1-2H3. The summed E-state index contributed by atoms with van der Waals surface area (Å²) in [6, 6.07) is 5.96. The molecule has 0 amide bonds. The van der Waals surface area contributed by atoms with Crippen molar-refractivity contribution in [1.82, 2.24) is 0 Å². The molecule has 1 aromatic carbocycles. The van der Waals surface area contributed by atoms with E-state index in [0.29, 0.717) is 5.41 Å². The van der Waals surface area contributed by atoms with E-state index in [0.717, 1.165) is 35.1 Å². The Bertz CT molecular complexity index is 442. The first kappa shape index (κ1) is 13.6. The number of hydrogen-bond acceptors (Lipinski definition) is 2. The number of rotatable bonds is 2. The third kappa shape index (κ3) is 3.14. The quantitative estimate of drug-likeness (QED) is 0.760. The van der Waals surface area contributed by atoms with E-state index in [1.807, 2.05) is 18.2 Å². The van der Waals surface area contributed by atoms with Crippen molar-refractivity contribution in [3.63, 3.8) is 0 Å². The number of anilines is 1. The lowest BCUT2D eigenvalue weighted by atomic mass is 9.85. The Labute approximate surface area is 117 Å². The molecule has 2 nitrogen and oxygen atoms in total. The van der Waals surface area contributed by atoms with Crippen LogP contribution >= 0.6 is 15.9 Å². The molecule has 1 heterocycles. The van der Waals surface area contributed by atoms with E-state index < -0.39 is 0 Å². The van der Waals surface area contributed by atoms with Gasteiger partial charge in [0, 0.05) is 28.8 Å². The maximum atomic E-state index is 11.2. The van der Waals surface area contributed by atoms with Crippen molar-refractivity contribution in [2.45, 2.75) is 33.1 Å². The van der Waals surface area contributed by atoms with Gasteiger partial charge < -0.3 is 4.90 Å². The monoisotopic (exact) mass is 309 g/mol. The average molecular weight is 310 g/mol. The van der Waals surface area contributed by atoms with Crippen LogP contribution in [0, 0.1) is 5.41 Å². The molecule has 0 N–H and O–H groups in total. The molecule has 18 heavy (non-hydrogen) atoms. The minimum atomic E-state index is 0.422. The fraction of sp³-hybridized carbons (Fsp3) is 0.533. The molecule has 0 spiro atoms. The van der Waals surface area contributed by atoms with Crippen LogP contribution in [0.3, 0.4) is 0 Å². The van der Waals surface area contributed by atoms with E-state index >= 15 is 0 Å². The molecule has 0 unspecified atom stereocenters. The highest BCUT2D eigenvalue weighted by Crippen LogP contribution is 2.33. The highest BCUT2D eigenvalue weighted by molar-refractivity contribution is 9.10. The smallest absolute Gasteiger partial charge is 0.152 e. The van der Waals surface area contributed by atoms with E-state index in [1.165, 1.54) is 19.3 Å². The maximum Gasteiger partial charge on any atom is 0.152 e. The minimum Gasteiger partial charge on any atom is -0.371 e. The number of carbonyl (C=O) groups is 1. The summed E-state index contributed by atoms with van der Waals surface area (Å²) in [7, 11) is 0. The summed E-state index contributed by atoms with van der Waals surface area (Å²) in [6.07, 6.45) is 4.59. The molecule has 98 valence electrons. The van der Waals surface area contributed by atoms with Gasteiger partial charge in [0.15, 0.2) is 6.29 Å². The molecule has 0 radical (unpaired) electrons. The van der Waals surface area contributed by atoms with Crippen LogP contribution in [0.25, 0.3) is 0 Å². The second-order valence-corrected chi connectivity index (χ2v) is 6.74. The molecule has 0 saturated carbocycles. The van der Waals surface area contributed by atoms with Crippen molar-refractivity contribution < 1.29 is 4.79 Å². The molecule has 1 aliphatic heterocycles. The molecular formula is C15H20BrNO. The molecule has 3 heteroatoms. The van der Waals surface area contributed by atoms with Crippen LogP contribution in [0.1, 0.15) is 43.5 Å². The van der Waals surface area contributed by atoms with Crippen LogP contribution in [0.2, 0.25) is 0 Å². The molecule has 0 aliphatic carbocycles. The molecule has 1 fully saturated rings. The molecule has 0 atom stereocenters. The van der Waals surface area contributed by atoms with Crippen LogP contribution < -0.4 is 4.90 Å². The minimum absolute atomic E-state index is 0.422. The van der Waals surface area contributed by atoms with Crippen molar-refractivity contribution in [2.24, 2.45) is 5.41 Å². The first-order valence-corrected chi connectivity index (χ1v) is 7.31. The predicted octanol–water partition coefficient (Wildman–Crippen LogP) is 4.28. The van der Waals surface area contributed by atoms with Gasteiger partial charge in [-0.2, -0.15) is 0 Å². The predicted molar refractivity (Wildman–Crippen MR) is 79.4 cm³/mol. The van der Waals surface area contributed by atoms with Gasteiger partial charge in [-0.1, -0.05) is 29.8 Å². The Morgan fingerprint density at radius 2 is 2.06 bits per heavy atom. The molecule has 1 saturated heterocycles. The fourth-order valence-electron chi connectivity index (χ4n) is 2.57. The van der Waals surface area contributed by atoms with Gasteiger partial charge >= 0.3 is 0 Å². The van der Waals surface area contributed by atoms with E-state index in [1.54, 1.807) is 0 Å². The summed E-state index contributed by atoms with van der Waals surface area (Å²) >= 11 is 3.42. The van der Waals surface area contributed by atoms with Crippen molar-refractivity contribution in [2.75, 3.05) is 18.0 Å². The molecule has 1 aromatic rings. The Morgan fingerprint density at radius 1 is 1.28 bits per heavy atom. The van der Waals surface area contributed by atoms with E-state index in [4.69, 9.17) is 0 Å². The van der Waals surface area contributed by atoms with Crippen LogP contribution in [0.15, 0.2) is 22.7 Å². The van der Waals surface area contributed by atoms with Crippen LogP contribution in [-0.2, 0) is 0 Å². The lowest BCUT2D eigenvalue weighted by molar-refractivity contribution is 0.112. The lowest BCUT2D eigenvalue weighted by Gasteiger charge is -2.26. The van der Waals surface area contributed by atoms with Crippen molar-refractivity contribution in [1.29, 1.82) is 0 Å². The molecule has 1 aliphatic rings. The van der Waals surface area contributed by atoms with Gasteiger partial charge in [0.25, 0.3) is 0 Å². The van der Waals surface area contributed by atoms with Gasteiger partial charge in [-0.3, -0.25) is 4.79 Å². The number of benzene rings is 1. The SMILES string of the molecule is CC1(C)CCCN(c2ccc(Br)cc2C=O)CC1. The zero-order valence-electron chi connectivity index (χ0n) is 11.1. The zero-order chi connectivity index (χ0) is 13.2. The van der Waals surface area contributed by atoms with E-state index in [2.05, 4.69) is 34.7 Å². The van der Waals surface area contributed by atoms with Crippen molar-refractivity contribution >= 4 is 27.9 Å². The van der Waals surface area contributed by atoms with Gasteiger partial charge in [-0.25, -0.2) is 0 Å². The number of aldehydes is 1. The van der Waals surface area contributed by atoms with Gasteiger partial charge in [0.2, 0.25) is 0 Å². The largest absolute Gasteiger partial charge is 0.371 e. The zero-order valence-corrected chi connectivity index (χ0v) is 12.7. The number of halogens is 1. The summed E-state index contributed by atoms with van der Waals surface area (Å²) in [6.45, 7) is 6.75. The van der Waals surface area contributed by atoms with Crippen LogP contribution in [0.5, 0.6) is 0 Å². The molecule has 2 rings (SSSR count). The van der Waals surface area contributed by atoms with Crippen LogP contribution in [-0.4, -0.2) is 19.4 Å². The Morgan fingerprint density at radius 3 is 2.78 bits per heavy atom. The summed E-state index contributed by atoms with van der Waals surface area (Å²) < 4.78 is 0.962. The van der Waals surface area contributed by atoms with E-state index in [9.17, 15) is 4.79 Å². The summed E-state index contributed by atoms with van der Waals surface area (Å²) in [5, 5.41) is 0.